The Morgan fingerprint density at radius 3 is 2.68 bits per heavy atom. The van der Waals surface area contributed by atoms with E-state index in [0.29, 0.717) is 6.61 Å². The van der Waals surface area contributed by atoms with Crippen molar-refractivity contribution in [3.05, 3.63) is 60.6 Å². The van der Waals surface area contributed by atoms with Gasteiger partial charge < -0.3 is 9.47 Å². The van der Waals surface area contributed by atoms with E-state index < -0.39 is 0 Å². The second-order valence-corrected chi connectivity index (χ2v) is 7.61. The van der Waals surface area contributed by atoms with E-state index in [4.69, 9.17) is 21.1 Å². The second-order valence-electron chi connectivity index (χ2n) is 5.25. The Bertz CT molecular complexity index is 654. The summed E-state index contributed by atoms with van der Waals surface area (Å²) in [4.78, 5) is 0. The summed E-state index contributed by atoms with van der Waals surface area (Å²) in [6, 6.07) is 12.2. The van der Waals surface area contributed by atoms with Gasteiger partial charge in [-0.2, -0.15) is 0 Å². The first-order valence-corrected chi connectivity index (χ1v) is 9.34. The molecule has 0 radical (unpaired) electrons. The third kappa shape index (κ3) is 3.96. The summed E-state index contributed by atoms with van der Waals surface area (Å²) in [6.45, 7) is 1.48. The van der Waals surface area contributed by atoms with Crippen LogP contribution in [0.15, 0.2) is 40.9 Å². The highest BCUT2D eigenvalue weighted by atomic mass is 127. The first-order chi connectivity index (χ1) is 10.6. The van der Waals surface area contributed by atoms with E-state index in [1.54, 1.807) is 0 Å². The van der Waals surface area contributed by atoms with Gasteiger partial charge in [0.1, 0.15) is 11.9 Å². The predicted octanol–water partition coefficient (Wildman–Crippen LogP) is 5.47. The number of hydrogen-bond donors (Lipinski definition) is 0. The summed E-state index contributed by atoms with van der Waals surface area (Å²) in [5, 5.41) is 0.788. The molecule has 0 N–H and O–H groups in total. The van der Waals surface area contributed by atoms with Gasteiger partial charge in [0.15, 0.2) is 0 Å². The third-order valence-electron chi connectivity index (χ3n) is 3.63. The van der Waals surface area contributed by atoms with Crippen molar-refractivity contribution >= 4 is 50.1 Å². The van der Waals surface area contributed by atoms with Crippen LogP contribution in [0, 0.1) is 3.57 Å². The molecule has 0 bridgehead atoms. The second kappa shape index (κ2) is 7.51. The van der Waals surface area contributed by atoms with Gasteiger partial charge in [-0.15, -0.1) is 0 Å². The summed E-state index contributed by atoms with van der Waals surface area (Å²) >= 11 is 12.3. The number of hydrogen-bond acceptors (Lipinski definition) is 2. The maximum absolute atomic E-state index is 6.32. The lowest BCUT2D eigenvalue weighted by Crippen LogP contribution is -2.15. The topological polar surface area (TPSA) is 18.5 Å². The zero-order valence-electron chi connectivity index (χ0n) is 11.8. The molecule has 5 heteroatoms. The molecule has 2 nitrogen and oxygen atoms in total. The lowest BCUT2D eigenvalue weighted by molar-refractivity contribution is 0.141. The lowest BCUT2D eigenvalue weighted by Gasteiger charge is -2.13. The van der Waals surface area contributed by atoms with Gasteiger partial charge in [0, 0.05) is 25.9 Å². The van der Waals surface area contributed by atoms with Crippen molar-refractivity contribution in [2.75, 3.05) is 13.2 Å². The van der Waals surface area contributed by atoms with Crippen LogP contribution in [0.1, 0.15) is 17.5 Å². The average Bonchev–Trinajstić information content (AvgIpc) is 3.02. The van der Waals surface area contributed by atoms with Crippen molar-refractivity contribution in [2.24, 2.45) is 0 Å². The molecular weight excluding hydrogens is 478 g/mol. The summed E-state index contributed by atoms with van der Waals surface area (Å²) in [5.74, 6) is 0.895. The van der Waals surface area contributed by atoms with Crippen LogP contribution in [0.2, 0.25) is 5.02 Å². The van der Waals surface area contributed by atoms with Crippen LogP contribution < -0.4 is 4.74 Å². The zero-order valence-corrected chi connectivity index (χ0v) is 16.3. The summed E-state index contributed by atoms with van der Waals surface area (Å²) in [6.07, 6.45) is 1.95. The Morgan fingerprint density at radius 2 is 2.00 bits per heavy atom. The minimum Gasteiger partial charge on any atom is -0.488 e. The Hall–Kier alpha value is -0.300. The smallest absolute Gasteiger partial charge is 0.124 e. The minimum atomic E-state index is 0.185. The van der Waals surface area contributed by atoms with Gasteiger partial charge in [0.25, 0.3) is 0 Å². The van der Waals surface area contributed by atoms with E-state index in [1.165, 1.54) is 5.56 Å². The van der Waals surface area contributed by atoms with Crippen molar-refractivity contribution in [1.82, 2.24) is 0 Å². The summed E-state index contributed by atoms with van der Waals surface area (Å²) in [7, 11) is 0. The normalized spacial score (nSPS) is 17.7. The number of rotatable bonds is 4. The molecule has 0 saturated carbocycles. The zero-order chi connectivity index (χ0) is 15.5. The standard InChI is InChI=1S/C17H15BrClIO2/c18-17-14(15(19)5-6-16(17)20)9-11-1-3-12(4-2-11)22-13-7-8-21-10-13/h1-6,13H,7-10H2. The SMILES string of the molecule is Clc1ccc(I)c(Br)c1Cc1ccc(OC2CCOC2)cc1. The number of benzene rings is 2. The van der Waals surface area contributed by atoms with Gasteiger partial charge in [-0.25, -0.2) is 0 Å². The largest absolute Gasteiger partial charge is 0.488 e. The fourth-order valence-electron chi connectivity index (χ4n) is 2.42. The predicted molar refractivity (Wildman–Crippen MR) is 101 cm³/mol. The highest BCUT2D eigenvalue weighted by Gasteiger charge is 2.17. The van der Waals surface area contributed by atoms with Crippen molar-refractivity contribution in [3.63, 3.8) is 0 Å². The number of halogens is 3. The molecule has 1 unspecified atom stereocenters. The molecule has 0 spiro atoms. The average molecular weight is 494 g/mol. The van der Waals surface area contributed by atoms with Crippen LogP contribution >= 0.6 is 50.1 Å². The third-order valence-corrected chi connectivity index (χ3v) is 6.53. The molecule has 116 valence electrons. The molecule has 2 aromatic rings. The molecule has 22 heavy (non-hydrogen) atoms. The minimum absolute atomic E-state index is 0.185. The Morgan fingerprint density at radius 1 is 1.23 bits per heavy atom. The molecular formula is C17H15BrClIO2. The van der Waals surface area contributed by atoms with Crippen molar-refractivity contribution in [1.29, 1.82) is 0 Å². The summed E-state index contributed by atoms with van der Waals surface area (Å²) in [5.41, 5.74) is 2.33. The van der Waals surface area contributed by atoms with Crippen molar-refractivity contribution in [3.8, 4) is 5.75 Å². The number of ether oxygens (including phenoxy) is 2. The molecule has 1 fully saturated rings. The maximum Gasteiger partial charge on any atom is 0.124 e. The van der Waals surface area contributed by atoms with Gasteiger partial charge in [-0.05, 0) is 73.9 Å². The van der Waals surface area contributed by atoms with Gasteiger partial charge in [-0.1, -0.05) is 23.7 Å². The van der Waals surface area contributed by atoms with Gasteiger partial charge in [0.2, 0.25) is 0 Å². The molecule has 3 rings (SSSR count). The van der Waals surface area contributed by atoms with Crippen LogP contribution in [0.25, 0.3) is 0 Å². The molecule has 2 aromatic carbocycles. The molecule has 1 atom stereocenters. The maximum atomic E-state index is 6.32. The van der Waals surface area contributed by atoms with E-state index in [0.717, 1.165) is 43.8 Å². The highest BCUT2D eigenvalue weighted by molar-refractivity contribution is 14.1. The molecule has 1 saturated heterocycles. The van der Waals surface area contributed by atoms with E-state index >= 15 is 0 Å². The van der Waals surface area contributed by atoms with Gasteiger partial charge in [0.05, 0.1) is 13.2 Å². The molecule has 1 aliphatic rings. The van der Waals surface area contributed by atoms with Crippen molar-refractivity contribution in [2.45, 2.75) is 18.9 Å². The fraction of sp³-hybridized carbons (Fsp3) is 0.294. The van der Waals surface area contributed by atoms with Crippen molar-refractivity contribution < 1.29 is 9.47 Å². The lowest BCUT2D eigenvalue weighted by atomic mass is 10.0. The quantitative estimate of drug-likeness (QED) is 0.416. The molecule has 1 heterocycles. The molecule has 1 aliphatic heterocycles. The van der Waals surface area contributed by atoms with Crippen LogP contribution in [0.4, 0.5) is 0 Å². The molecule has 0 aliphatic carbocycles. The summed E-state index contributed by atoms with van der Waals surface area (Å²) < 4.78 is 13.4. The van der Waals surface area contributed by atoms with E-state index in [-0.39, 0.29) is 6.10 Å². The van der Waals surface area contributed by atoms with Crippen LogP contribution in [0.5, 0.6) is 5.75 Å². The fourth-order valence-corrected chi connectivity index (χ4v) is 3.75. The van der Waals surface area contributed by atoms with Gasteiger partial charge in [-0.3, -0.25) is 0 Å². The van der Waals surface area contributed by atoms with E-state index in [2.05, 4.69) is 50.7 Å². The Balaban J connectivity index is 1.72. The first kappa shape index (κ1) is 16.6. The van der Waals surface area contributed by atoms with Crippen LogP contribution in [-0.2, 0) is 11.2 Å². The molecule has 0 aromatic heterocycles. The molecule has 0 amide bonds. The monoisotopic (exact) mass is 492 g/mol. The van der Waals surface area contributed by atoms with Crippen LogP contribution in [-0.4, -0.2) is 19.3 Å². The first-order valence-electron chi connectivity index (χ1n) is 7.09. The Labute approximate surface area is 157 Å². The highest BCUT2D eigenvalue weighted by Crippen LogP contribution is 2.31. The van der Waals surface area contributed by atoms with Crippen LogP contribution in [0.3, 0.4) is 0 Å². The van der Waals surface area contributed by atoms with E-state index in [9.17, 15) is 0 Å². The van der Waals surface area contributed by atoms with Gasteiger partial charge >= 0.3 is 0 Å². The van der Waals surface area contributed by atoms with E-state index in [1.807, 2.05) is 24.3 Å². The Kier molecular flexibility index (Phi) is 5.65.